The van der Waals surface area contributed by atoms with E-state index in [4.69, 9.17) is 10.5 Å². The van der Waals surface area contributed by atoms with E-state index >= 15 is 0 Å². The predicted octanol–water partition coefficient (Wildman–Crippen LogP) is 4.28. The maximum Gasteiger partial charge on any atom is 0.249 e. The molecule has 24 heavy (non-hydrogen) atoms. The van der Waals surface area contributed by atoms with Gasteiger partial charge in [-0.15, -0.1) is 0 Å². The predicted molar refractivity (Wildman–Crippen MR) is 96.0 cm³/mol. The molecule has 5 rings (SSSR count). The van der Waals surface area contributed by atoms with Crippen LogP contribution >= 0.6 is 0 Å². The average molecular weight is 313 g/mol. The molecule has 0 aliphatic carbocycles. The normalized spacial score (nSPS) is 13.7. The molecule has 3 nitrogen and oxygen atoms in total. The zero-order valence-corrected chi connectivity index (χ0v) is 13.0. The van der Waals surface area contributed by atoms with Gasteiger partial charge in [0.1, 0.15) is 0 Å². The van der Waals surface area contributed by atoms with Gasteiger partial charge in [-0.25, -0.2) is 0 Å². The van der Waals surface area contributed by atoms with E-state index in [2.05, 4.69) is 30.3 Å². The molecule has 0 bridgehead atoms. The summed E-state index contributed by atoms with van der Waals surface area (Å²) >= 11 is 0. The first-order valence-corrected chi connectivity index (χ1v) is 8.00. The van der Waals surface area contributed by atoms with Crippen molar-refractivity contribution in [1.82, 2.24) is 0 Å². The van der Waals surface area contributed by atoms with Crippen LogP contribution in [0, 0.1) is 0 Å². The first-order chi connectivity index (χ1) is 11.7. The number of hydrogen-bond donors (Lipinski definition) is 1. The number of primary amides is 1. The molecular formula is C21H15NO2. The lowest BCUT2D eigenvalue weighted by Crippen LogP contribution is -2.11. The molecule has 1 aliphatic rings. The van der Waals surface area contributed by atoms with E-state index in [-0.39, 0.29) is 0 Å². The summed E-state index contributed by atoms with van der Waals surface area (Å²) in [6, 6.07) is 18.5. The fourth-order valence-electron chi connectivity index (χ4n) is 3.88. The van der Waals surface area contributed by atoms with Crippen LogP contribution in [0.4, 0.5) is 0 Å². The molecule has 4 aromatic carbocycles. The van der Waals surface area contributed by atoms with Crippen LogP contribution in [-0.4, -0.2) is 5.91 Å². The van der Waals surface area contributed by atoms with Crippen LogP contribution in [0.25, 0.3) is 32.3 Å². The summed E-state index contributed by atoms with van der Waals surface area (Å²) in [5.41, 5.74) is 8.66. The Kier molecular flexibility index (Phi) is 2.70. The van der Waals surface area contributed by atoms with Gasteiger partial charge in [0.25, 0.3) is 0 Å². The lowest BCUT2D eigenvalue weighted by atomic mass is 9.92. The Morgan fingerprint density at radius 3 is 2.17 bits per heavy atom. The van der Waals surface area contributed by atoms with Crippen molar-refractivity contribution in [2.24, 2.45) is 5.73 Å². The first-order valence-electron chi connectivity index (χ1n) is 8.00. The van der Waals surface area contributed by atoms with Crippen molar-refractivity contribution in [1.29, 1.82) is 0 Å². The molecule has 0 saturated carbocycles. The number of hydrogen-bond acceptors (Lipinski definition) is 2. The van der Waals surface area contributed by atoms with Gasteiger partial charge in [-0.2, -0.15) is 0 Å². The Hall–Kier alpha value is -2.91. The van der Waals surface area contributed by atoms with Crippen LogP contribution in [0.3, 0.4) is 0 Å². The van der Waals surface area contributed by atoms with E-state index in [0.717, 1.165) is 16.2 Å². The van der Waals surface area contributed by atoms with Gasteiger partial charge in [0.2, 0.25) is 5.91 Å². The Balaban J connectivity index is 1.93. The first kappa shape index (κ1) is 13.5. The molecule has 0 aromatic heterocycles. The number of carbonyl (C=O) groups excluding carboxylic acids is 1. The molecule has 3 heteroatoms. The van der Waals surface area contributed by atoms with Gasteiger partial charge in [0.15, 0.2) is 0 Å². The van der Waals surface area contributed by atoms with Crippen molar-refractivity contribution in [2.45, 2.75) is 13.2 Å². The smallest absolute Gasteiger partial charge is 0.249 e. The Morgan fingerprint density at radius 2 is 1.38 bits per heavy atom. The molecule has 1 amide bonds. The summed E-state index contributed by atoms with van der Waals surface area (Å²) in [4.78, 5) is 11.7. The third kappa shape index (κ3) is 1.73. The van der Waals surface area contributed by atoms with Crippen molar-refractivity contribution < 1.29 is 9.53 Å². The summed E-state index contributed by atoms with van der Waals surface area (Å²) in [5, 5.41) is 6.77. The van der Waals surface area contributed by atoms with Gasteiger partial charge < -0.3 is 10.5 Å². The van der Waals surface area contributed by atoms with E-state index in [1.54, 1.807) is 6.07 Å². The van der Waals surface area contributed by atoms with Crippen molar-refractivity contribution in [3.8, 4) is 0 Å². The van der Waals surface area contributed by atoms with Crippen molar-refractivity contribution in [3.05, 3.63) is 71.3 Å². The molecule has 0 saturated heterocycles. The Labute approximate surface area is 138 Å². The maximum atomic E-state index is 11.7. The minimum Gasteiger partial charge on any atom is -0.372 e. The van der Waals surface area contributed by atoms with Crippen molar-refractivity contribution >= 4 is 38.2 Å². The van der Waals surface area contributed by atoms with Gasteiger partial charge in [-0.05, 0) is 49.5 Å². The summed E-state index contributed by atoms with van der Waals surface area (Å²) in [7, 11) is 0. The van der Waals surface area contributed by atoms with Crippen LogP contribution in [0.5, 0.6) is 0 Å². The largest absolute Gasteiger partial charge is 0.372 e. The molecule has 0 radical (unpaired) electrons. The van der Waals surface area contributed by atoms with E-state index in [1.807, 2.05) is 18.2 Å². The lowest BCUT2D eigenvalue weighted by Gasteiger charge is -2.11. The second-order valence-electron chi connectivity index (χ2n) is 6.28. The van der Waals surface area contributed by atoms with E-state index in [9.17, 15) is 4.79 Å². The number of nitrogens with two attached hydrogens (primary N) is 1. The van der Waals surface area contributed by atoms with Crippen molar-refractivity contribution in [2.75, 3.05) is 0 Å². The van der Waals surface area contributed by atoms with E-state index in [1.165, 1.54) is 27.3 Å². The summed E-state index contributed by atoms with van der Waals surface area (Å²) < 4.78 is 5.60. The third-order valence-electron chi connectivity index (χ3n) is 5.03. The highest BCUT2D eigenvalue weighted by atomic mass is 16.5. The molecule has 0 spiro atoms. The van der Waals surface area contributed by atoms with Gasteiger partial charge in [-0.3, -0.25) is 4.79 Å². The van der Waals surface area contributed by atoms with Gasteiger partial charge in [0.05, 0.1) is 13.2 Å². The van der Waals surface area contributed by atoms with Crippen LogP contribution in [0.1, 0.15) is 21.5 Å². The monoisotopic (exact) mass is 313 g/mol. The molecule has 0 atom stereocenters. The highest BCUT2D eigenvalue weighted by Crippen LogP contribution is 2.36. The third-order valence-corrected chi connectivity index (χ3v) is 5.03. The number of benzene rings is 4. The minimum absolute atomic E-state index is 0.393. The number of rotatable bonds is 1. The average Bonchev–Trinajstić information content (AvgIpc) is 3.09. The quantitative estimate of drug-likeness (QED) is 0.533. The number of carbonyl (C=O) groups is 1. The second-order valence-corrected chi connectivity index (χ2v) is 6.28. The highest BCUT2D eigenvalue weighted by Gasteiger charge is 2.16. The topological polar surface area (TPSA) is 52.3 Å². The van der Waals surface area contributed by atoms with Crippen LogP contribution in [0.15, 0.2) is 54.6 Å². The molecular weight excluding hydrogens is 298 g/mol. The van der Waals surface area contributed by atoms with Crippen LogP contribution in [0.2, 0.25) is 0 Å². The van der Waals surface area contributed by atoms with Crippen molar-refractivity contribution in [3.63, 3.8) is 0 Å². The SMILES string of the molecule is NC(=O)c1cccc2c1ccc1c3ccc4c(c3ccc21)COC4. The summed E-state index contributed by atoms with van der Waals surface area (Å²) in [6.45, 7) is 1.38. The van der Waals surface area contributed by atoms with Gasteiger partial charge >= 0.3 is 0 Å². The molecule has 4 aromatic rings. The molecule has 2 N–H and O–H groups in total. The minimum atomic E-state index is -0.393. The number of ether oxygens (including phenoxy) is 1. The van der Waals surface area contributed by atoms with Gasteiger partial charge in [-0.1, -0.05) is 48.5 Å². The Bertz CT molecular complexity index is 1160. The molecule has 0 fully saturated rings. The molecule has 116 valence electrons. The number of fused-ring (bicyclic) bond motifs is 7. The molecule has 1 heterocycles. The number of amides is 1. The zero-order chi connectivity index (χ0) is 16.3. The van der Waals surface area contributed by atoms with Crippen LogP contribution < -0.4 is 5.73 Å². The second kappa shape index (κ2) is 4.79. The summed E-state index contributed by atoms with van der Waals surface area (Å²) in [6.07, 6.45) is 0. The molecule has 0 unspecified atom stereocenters. The fraction of sp³-hybridized carbons (Fsp3) is 0.0952. The van der Waals surface area contributed by atoms with E-state index in [0.29, 0.717) is 18.8 Å². The summed E-state index contributed by atoms with van der Waals surface area (Å²) in [5.74, 6) is -0.393. The zero-order valence-electron chi connectivity index (χ0n) is 13.0. The molecule has 1 aliphatic heterocycles. The fourth-order valence-corrected chi connectivity index (χ4v) is 3.88. The van der Waals surface area contributed by atoms with Crippen LogP contribution in [-0.2, 0) is 18.0 Å². The maximum absolute atomic E-state index is 11.7. The Morgan fingerprint density at radius 1 is 0.750 bits per heavy atom. The lowest BCUT2D eigenvalue weighted by molar-refractivity contribution is 0.100. The van der Waals surface area contributed by atoms with E-state index < -0.39 is 5.91 Å². The highest BCUT2D eigenvalue weighted by molar-refractivity contribution is 6.20. The van der Waals surface area contributed by atoms with Gasteiger partial charge in [0, 0.05) is 5.56 Å². The standard InChI is InChI=1S/C21H15NO2/c22-21(23)19-3-1-2-13-15-7-9-18-14(16(15)6-8-17(13)19)5-4-12-10-24-11-20(12)18/h1-9H,10-11H2,(H2,22,23).